The van der Waals surface area contributed by atoms with Gasteiger partial charge in [-0.2, -0.15) is 0 Å². The Kier molecular flexibility index (Phi) is 6.26. The Labute approximate surface area is 179 Å². The Morgan fingerprint density at radius 2 is 1.79 bits per heavy atom. The zero-order chi connectivity index (χ0) is 20.4. The third kappa shape index (κ3) is 4.67. The van der Waals surface area contributed by atoms with Gasteiger partial charge in [0.1, 0.15) is 0 Å². The normalized spacial score (nSPS) is 25.2. The van der Waals surface area contributed by atoms with Crippen LogP contribution in [0.4, 0.5) is 0 Å². The summed E-state index contributed by atoms with van der Waals surface area (Å²) in [5.41, 5.74) is 2.42. The van der Waals surface area contributed by atoms with Gasteiger partial charge >= 0.3 is 0 Å². The highest BCUT2D eigenvalue weighted by Gasteiger charge is 2.43. The summed E-state index contributed by atoms with van der Waals surface area (Å²) < 4.78 is 0. The Bertz CT molecular complexity index is 820. The Hall–Kier alpha value is -1.84. The summed E-state index contributed by atoms with van der Waals surface area (Å²) in [5, 5.41) is 4.14. The predicted molar refractivity (Wildman–Crippen MR) is 119 cm³/mol. The van der Waals surface area contributed by atoms with Gasteiger partial charge in [-0.1, -0.05) is 67.9 Å². The monoisotopic (exact) mass is 410 g/mol. The number of carbonyl (C=O) groups is 1. The van der Waals surface area contributed by atoms with Crippen LogP contribution < -0.4 is 5.32 Å². The number of nitrogens with zero attached hydrogens (tertiary/aromatic N) is 1. The van der Waals surface area contributed by atoms with Crippen LogP contribution in [0, 0.1) is 17.8 Å². The van der Waals surface area contributed by atoms with Gasteiger partial charge in [0.15, 0.2) is 0 Å². The van der Waals surface area contributed by atoms with Crippen LogP contribution >= 0.6 is 11.6 Å². The van der Waals surface area contributed by atoms with Crippen molar-refractivity contribution in [2.75, 3.05) is 13.1 Å². The summed E-state index contributed by atoms with van der Waals surface area (Å²) in [6.45, 7) is 7.48. The van der Waals surface area contributed by atoms with E-state index in [0.717, 1.165) is 31.6 Å². The van der Waals surface area contributed by atoms with Crippen LogP contribution in [-0.4, -0.2) is 29.9 Å². The molecule has 0 aromatic heterocycles. The van der Waals surface area contributed by atoms with E-state index in [1.54, 1.807) is 0 Å². The van der Waals surface area contributed by atoms with Gasteiger partial charge in [-0.3, -0.25) is 9.69 Å². The minimum atomic E-state index is -0.131. The number of halogens is 1. The molecular formula is C25H31ClN2O. The van der Waals surface area contributed by atoms with Gasteiger partial charge in [0.2, 0.25) is 5.91 Å². The number of fused-ring (bicyclic) bond motifs is 1. The van der Waals surface area contributed by atoms with Crippen LogP contribution in [0.3, 0.4) is 0 Å². The number of benzene rings is 2. The fourth-order valence-corrected chi connectivity index (χ4v) is 5.42. The van der Waals surface area contributed by atoms with Crippen LogP contribution in [-0.2, 0) is 11.3 Å². The first-order valence-corrected chi connectivity index (χ1v) is 11.2. The maximum Gasteiger partial charge on any atom is 0.228 e. The molecule has 1 aliphatic carbocycles. The molecule has 1 N–H and O–H groups in total. The second-order valence-electron chi connectivity index (χ2n) is 9.07. The lowest BCUT2D eigenvalue weighted by molar-refractivity contribution is -0.124. The van der Waals surface area contributed by atoms with Crippen LogP contribution in [0.5, 0.6) is 0 Å². The molecule has 1 saturated carbocycles. The van der Waals surface area contributed by atoms with Crippen LogP contribution in [0.2, 0.25) is 5.02 Å². The second-order valence-corrected chi connectivity index (χ2v) is 9.51. The topological polar surface area (TPSA) is 32.3 Å². The molecule has 2 aromatic carbocycles. The molecule has 2 fully saturated rings. The standard InChI is InChI=1S/C25H31ClN2O/c1-17(2)24(19-8-11-21(26)12-9-19)25(29)27-23-13-10-20-15-28(16-22(20)23)14-18-6-4-3-5-7-18/h3-9,11-12,17,20,22-24H,10,13-16H2,1-2H3,(H,27,29). The van der Waals surface area contributed by atoms with Crippen molar-refractivity contribution in [1.29, 1.82) is 0 Å². The molecule has 4 rings (SSSR count). The van der Waals surface area contributed by atoms with Crippen molar-refractivity contribution in [3.05, 3.63) is 70.7 Å². The van der Waals surface area contributed by atoms with Gasteiger partial charge < -0.3 is 5.32 Å². The first-order chi connectivity index (χ1) is 14.0. The first kappa shape index (κ1) is 20.4. The average molecular weight is 411 g/mol. The molecule has 154 valence electrons. The third-order valence-electron chi connectivity index (χ3n) is 6.69. The fraction of sp³-hybridized carbons (Fsp3) is 0.480. The lowest BCUT2D eigenvalue weighted by atomic mass is 9.87. The smallest absolute Gasteiger partial charge is 0.228 e. The Morgan fingerprint density at radius 1 is 1.07 bits per heavy atom. The van der Waals surface area contributed by atoms with Gasteiger partial charge in [-0.15, -0.1) is 0 Å². The van der Waals surface area contributed by atoms with Crippen molar-refractivity contribution >= 4 is 17.5 Å². The van der Waals surface area contributed by atoms with E-state index in [2.05, 4.69) is 54.4 Å². The molecule has 4 heteroatoms. The number of nitrogens with one attached hydrogen (secondary N) is 1. The molecule has 2 aromatic rings. The molecular weight excluding hydrogens is 380 g/mol. The minimum absolute atomic E-state index is 0.131. The zero-order valence-electron chi connectivity index (χ0n) is 17.4. The first-order valence-electron chi connectivity index (χ1n) is 10.8. The van der Waals surface area contributed by atoms with Gasteiger partial charge in [-0.25, -0.2) is 0 Å². The van der Waals surface area contributed by atoms with E-state index in [1.165, 1.54) is 12.0 Å². The number of likely N-dealkylation sites (tertiary alicyclic amines) is 1. The summed E-state index contributed by atoms with van der Waals surface area (Å²) in [4.78, 5) is 15.8. The van der Waals surface area contributed by atoms with Crippen molar-refractivity contribution in [2.45, 2.75) is 45.2 Å². The zero-order valence-corrected chi connectivity index (χ0v) is 18.1. The predicted octanol–water partition coefficient (Wildman–Crippen LogP) is 5.11. The Morgan fingerprint density at radius 3 is 2.48 bits per heavy atom. The molecule has 1 aliphatic heterocycles. The maximum atomic E-state index is 13.2. The maximum absolute atomic E-state index is 13.2. The summed E-state index contributed by atoms with van der Waals surface area (Å²) in [5.74, 6) is 1.55. The number of hydrogen-bond acceptors (Lipinski definition) is 2. The molecule has 1 heterocycles. The van der Waals surface area contributed by atoms with E-state index < -0.39 is 0 Å². The van der Waals surface area contributed by atoms with Crippen LogP contribution in [0.15, 0.2) is 54.6 Å². The molecule has 4 atom stereocenters. The highest BCUT2D eigenvalue weighted by molar-refractivity contribution is 6.30. The molecule has 0 bridgehead atoms. The third-order valence-corrected chi connectivity index (χ3v) is 6.94. The number of rotatable bonds is 6. The summed E-state index contributed by atoms with van der Waals surface area (Å²) in [6.07, 6.45) is 2.32. The van der Waals surface area contributed by atoms with E-state index in [-0.39, 0.29) is 17.7 Å². The summed E-state index contributed by atoms with van der Waals surface area (Å²) in [6, 6.07) is 18.7. The van der Waals surface area contributed by atoms with E-state index in [1.807, 2.05) is 24.3 Å². The van der Waals surface area contributed by atoms with Gasteiger partial charge in [0, 0.05) is 30.7 Å². The lowest BCUT2D eigenvalue weighted by Crippen LogP contribution is -2.43. The fourth-order valence-electron chi connectivity index (χ4n) is 5.29. The van der Waals surface area contributed by atoms with Crippen LogP contribution in [0.1, 0.15) is 43.7 Å². The quantitative estimate of drug-likeness (QED) is 0.717. The molecule has 4 unspecified atom stereocenters. The van der Waals surface area contributed by atoms with E-state index in [0.29, 0.717) is 22.9 Å². The molecule has 2 aliphatic rings. The number of hydrogen-bond donors (Lipinski definition) is 1. The van der Waals surface area contributed by atoms with E-state index >= 15 is 0 Å². The lowest BCUT2D eigenvalue weighted by Gasteiger charge is -2.26. The molecule has 0 spiro atoms. The molecule has 0 radical (unpaired) electrons. The highest BCUT2D eigenvalue weighted by atomic mass is 35.5. The minimum Gasteiger partial charge on any atom is -0.352 e. The molecule has 1 saturated heterocycles. The molecule has 3 nitrogen and oxygen atoms in total. The second kappa shape index (κ2) is 8.89. The van der Waals surface area contributed by atoms with Gasteiger partial charge in [0.05, 0.1) is 5.92 Å². The van der Waals surface area contributed by atoms with Crippen LogP contribution in [0.25, 0.3) is 0 Å². The SMILES string of the molecule is CC(C)C(C(=O)NC1CCC2CN(Cc3ccccc3)CC21)c1ccc(Cl)cc1. The van der Waals surface area contributed by atoms with Crippen molar-refractivity contribution in [3.63, 3.8) is 0 Å². The molecule has 29 heavy (non-hydrogen) atoms. The van der Waals surface area contributed by atoms with Crippen molar-refractivity contribution in [3.8, 4) is 0 Å². The van der Waals surface area contributed by atoms with E-state index in [9.17, 15) is 4.79 Å². The van der Waals surface area contributed by atoms with Gasteiger partial charge in [0.25, 0.3) is 0 Å². The van der Waals surface area contributed by atoms with Crippen molar-refractivity contribution in [1.82, 2.24) is 10.2 Å². The van der Waals surface area contributed by atoms with Crippen molar-refractivity contribution in [2.24, 2.45) is 17.8 Å². The Balaban J connectivity index is 1.40. The van der Waals surface area contributed by atoms with Crippen molar-refractivity contribution < 1.29 is 4.79 Å². The number of carbonyl (C=O) groups excluding carboxylic acids is 1. The van der Waals surface area contributed by atoms with Gasteiger partial charge in [-0.05, 0) is 53.9 Å². The summed E-state index contributed by atoms with van der Waals surface area (Å²) >= 11 is 6.04. The largest absolute Gasteiger partial charge is 0.352 e. The highest BCUT2D eigenvalue weighted by Crippen LogP contribution is 2.39. The average Bonchev–Trinajstić information content (AvgIpc) is 3.25. The molecule has 1 amide bonds. The number of amides is 1. The summed E-state index contributed by atoms with van der Waals surface area (Å²) in [7, 11) is 0. The van der Waals surface area contributed by atoms with E-state index in [4.69, 9.17) is 11.6 Å².